The molecule has 0 aliphatic carbocycles. The number of nitrogens with zero attached hydrogens (tertiary/aromatic N) is 3. The molecule has 120 valence electrons. The summed E-state index contributed by atoms with van der Waals surface area (Å²) >= 11 is 1.33. The molecule has 2 aromatic rings. The minimum absolute atomic E-state index is 0.0366. The van der Waals surface area contributed by atoms with E-state index in [4.69, 9.17) is 0 Å². The molecule has 1 saturated heterocycles. The van der Waals surface area contributed by atoms with E-state index in [2.05, 4.69) is 15.5 Å². The first-order valence-electron chi connectivity index (χ1n) is 7.54. The van der Waals surface area contributed by atoms with Crippen LogP contribution in [0, 0.1) is 12.8 Å². The maximum absolute atomic E-state index is 12.2. The summed E-state index contributed by atoms with van der Waals surface area (Å²) in [5.41, 5.74) is 1.19. The van der Waals surface area contributed by atoms with Gasteiger partial charge in [-0.3, -0.25) is 9.59 Å². The van der Waals surface area contributed by atoms with Crippen molar-refractivity contribution in [1.29, 1.82) is 0 Å². The SMILES string of the molecule is Cc1nnc(NC(=O)C2CC(=O)N(CCc3ccccc3)C2)s1. The summed E-state index contributed by atoms with van der Waals surface area (Å²) in [6.45, 7) is 2.94. The maximum Gasteiger partial charge on any atom is 0.231 e. The summed E-state index contributed by atoms with van der Waals surface area (Å²) in [5.74, 6) is -0.436. The van der Waals surface area contributed by atoms with Gasteiger partial charge in [-0.15, -0.1) is 10.2 Å². The molecule has 3 rings (SSSR count). The zero-order valence-electron chi connectivity index (χ0n) is 12.9. The highest BCUT2D eigenvalue weighted by Gasteiger charge is 2.34. The molecule has 7 heteroatoms. The van der Waals surface area contributed by atoms with Crippen LogP contribution in [0.1, 0.15) is 17.0 Å². The number of amides is 2. The summed E-state index contributed by atoms with van der Waals surface area (Å²) in [5, 5.41) is 11.8. The number of likely N-dealkylation sites (tertiary alicyclic amines) is 1. The number of anilines is 1. The van der Waals surface area contributed by atoms with Crippen LogP contribution in [0.2, 0.25) is 0 Å². The first-order valence-corrected chi connectivity index (χ1v) is 8.36. The lowest BCUT2D eigenvalue weighted by atomic mass is 10.1. The number of nitrogens with one attached hydrogen (secondary N) is 1. The van der Waals surface area contributed by atoms with Crippen molar-refractivity contribution in [2.75, 3.05) is 18.4 Å². The molecular weight excluding hydrogens is 312 g/mol. The van der Waals surface area contributed by atoms with Gasteiger partial charge >= 0.3 is 0 Å². The zero-order valence-corrected chi connectivity index (χ0v) is 13.7. The molecule has 1 fully saturated rings. The molecule has 2 heterocycles. The van der Waals surface area contributed by atoms with Crippen LogP contribution in [-0.2, 0) is 16.0 Å². The Bertz CT molecular complexity index is 701. The van der Waals surface area contributed by atoms with Crippen molar-refractivity contribution in [1.82, 2.24) is 15.1 Å². The number of aromatic nitrogens is 2. The Balaban J connectivity index is 1.53. The molecule has 1 aliphatic heterocycles. The zero-order chi connectivity index (χ0) is 16.2. The molecule has 6 nitrogen and oxygen atoms in total. The fourth-order valence-electron chi connectivity index (χ4n) is 2.63. The summed E-state index contributed by atoms with van der Waals surface area (Å²) in [6, 6.07) is 10.0. The van der Waals surface area contributed by atoms with Crippen molar-refractivity contribution in [3.8, 4) is 0 Å². The van der Waals surface area contributed by atoms with Crippen molar-refractivity contribution in [3.05, 3.63) is 40.9 Å². The van der Waals surface area contributed by atoms with E-state index in [9.17, 15) is 9.59 Å². The molecule has 1 aliphatic rings. The quantitative estimate of drug-likeness (QED) is 0.908. The van der Waals surface area contributed by atoms with Gasteiger partial charge in [0.05, 0.1) is 5.92 Å². The summed E-state index contributed by atoms with van der Waals surface area (Å²) in [6.07, 6.45) is 1.06. The summed E-state index contributed by atoms with van der Waals surface area (Å²) in [4.78, 5) is 26.1. The van der Waals surface area contributed by atoms with Gasteiger partial charge in [0.2, 0.25) is 16.9 Å². The van der Waals surface area contributed by atoms with Gasteiger partial charge in [-0.1, -0.05) is 41.7 Å². The Kier molecular flexibility index (Phi) is 4.66. The Hall–Kier alpha value is -2.28. The highest BCUT2D eigenvalue weighted by molar-refractivity contribution is 7.15. The number of hydrogen-bond donors (Lipinski definition) is 1. The predicted octanol–water partition coefficient (Wildman–Crippen LogP) is 1.88. The molecule has 1 N–H and O–H groups in total. The average molecular weight is 330 g/mol. The van der Waals surface area contributed by atoms with Gasteiger partial charge < -0.3 is 10.2 Å². The van der Waals surface area contributed by atoms with Crippen LogP contribution in [0.3, 0.4) is 0 Å². The fraction of sp³-hybridized carbons (Fsp3) is 0.375. The smallest absolute Gasteiger partial charge is 0.231 e. The van der Waals surface area contributed by atoms with Crippen molar-refractivity contribution < 1.29 is 9.59 Å². The van der Waals surface area contributed by atoms with Crippen LogP contribution in [0.5, 0.6) is 0 Å². The second-order valence-electron chi connectivity index (χ2n) is 5.59. The predicted molar refractivity (Wildman–Crippen MR) is 88.1 cm³/mol. The van der Waals surface area contributed by atoms with Crippen molar-refractivity contribution in [2.24, 2.45) is 5.92 Å². The molecule has 1 aromatic carbocycles. The van der Waals surface area contributed by atoms with E-state index < -0.39 is 0 Å². The second-order valence-corrected chi connectivity index (χ2v) is 6.77. The van der Waals surface area contributed by atoms with Gasteiger partial charge in [0.1, 0.15) is 5.01 Å². The number of rotatable bonds is 5. The Morgan fingerprint density at radius 3 is 2.83 bits per heavy atom. The van der Waals surface area contributed by atoms with E-state index >= 15 is 0 Å². The lowest BCUT2D eigenvalue weighted by Gasteiger charge is -2.16. The highest BCUT2D eigenvalue weighted by Crippen LogP contribution is 2.21. The first-order chi connectivity index (χ1) is 11.1. The Morgan fingerprint density at radius 2 is 2.13 bits per heavy atom. The number of carbonyl (C=O) groups excluding carboxylic acids is 2. The lowest BCUT2D eigenvalue weighted by molar-refractivity contribution is -0.128. The monoisotopic (exact) mass is 330 g/mol. The van der Waals surface area contributed by atoms with Gasteiger partial charge in [0, 0.05) is 19.5 Å². The average Bonchev–Trinajstić information content (AvgIpc) is 3.12. The summed E-state index contributed by atoms with van der Waals surface area (Å²) < 4.78 is 0. The minimum atomic E-state index is -0.317. The minimum Gasteiger partial charge on any atom is -0.342 e. The van der Waals surface area contributed by atoms with E-state index in [1.807, 2.05) is 37.3 Å². The molecule has 1 atom stereocenters. The fourth-order valence-corrected chi connectivity index (χ4v) is 3.22. The largest absolute Gasteiger partial charge is 0.342 e. The number of carbonyl (C=O) groups is 2. The highest BCUT2D eigenvalue weighted by atomic mass is 32.1. The van der Waals surface area contributed by atoms with Gasteiger partial charge in [-0.25, -0.2) is 0 Å². The standard InChI is InChI=1S/C16H18N4O2S/c1-11-18-19-16(23-11)17-15(22)13-9-14(21)20(10-13)8-7-12-5-3-2-4-6-12/h2-6,13H,7-10H2,1H3,(H,17,19,22). The first kappa shape index (κ1) is 15.6. The summed E-state index contributed by atoms with van der Waals surface area (Å²) in [7, 11) is 0. The molecule has 2 amide bonds. The van der Waals surface area contributed by atoms with E-state index in [0.717, 1.165) is 11.4 Å². The molecule has 0 radical (unpaired) electrons. The lowest BCUT2D eigenvalue weighted by Crippen LogP contribution is -2.30. The molecule has 23 heavy (non-hydrogen) atoms. The number of benzene rings is 1. The molecular formula is C16H18N4O2S. The number of hydrogen-bond acceptors (Lipinski definition) is 5. The van der Waals surface area contributed by atoms with Crippen molar-refractivity contribution in [3.63, 3.8) is 0 Å². The van der Waals surface area contributed by atoms with Crippen molar-refractivity contribution >= 4 is 28.3 Å². The van der Waals surface area contributed by atoms with E-state index in [1.165, 1.54) is 16.9 Å². The van der Waals surface area contributed by atoms with Crippen LogP contribution in [-0.4, -0.2) is 40.0 Å². The third kappa shape index (κ3) is 3.92. The van der Waals surface area contributed by atoms with Crippen LogP contribution in [0.4, 0.5) is 5.13 Å². The van der Waals surface area contributed by atoms with Crippen LogP contribution < -0.4 is 5.32 Å². The van der Waals surface area contributed by atoms with E-state index in [-0.39, 0.29) is 24.2 Å². The van der Waals surface area contributed by atoms with Gasteiger partial charge in [0.15, 0.2) is 0 Å². The second kappa shape index (κ2) is 6.87. The maximum atomic E-state index is 12.2. The molecule has 0 spiro atoms. The van der Waals surface area contributed by atoms with Crippen LogP contribution in [0.15, 0.2) is 30.3 Å². The Morgan fingerprint density at radius 1 is 1.35 bits per heavy atom. The van der Waals surface area contributed by atoms with Crippen LogP contribution in [0.25, 0.3) is 0 Å². The molecule has 1 aromatic heterocycles. The van der Waals surface area contributed by atoms with Gasteiger partial charge in [-0.2, -0.15) is 0 Å². The normalized spacial score (nSPS) is 17.5. The van der Waals surface area contributed by atoms with Gasteiger partial charge in [-0.05, 0) is 18.9 Å². The van der Waals surface area contributed by atoms with E-state index in [0.29, 0.717) is 18.2 Å². The Labute approximate surface area is 138 Å². The van der Waals surface area contributed by atoms with E-state index in [1.54, 1.807) is 4.90 Å². The van der Waals surface area contributed by atoms with Gasteiger partial charge in [0.25, 0.3) is 0 Å². The molecule has 1 unspecified atom stereocenters. The molecule has 0 saturated carbocycles. The molecule has 0 bridgehead atoms. The topological polar surface area (TPSA) is 75.2 Å². The van der Waals surface area contributed by atoms with Crippen LogP contribution >= 0.6 is 11.3 Å². The van der Waals surface area contributed by atoms with Crippen molar-refractivity contribution in [2.45, 2.75) is 19.8 Å². The number of aryl methyl sites for hydroxylation is 1. The third-order valence-electron chi connectivity index (χ3n) is 3.85. The third-order valence-corrected chi connectivity index (χ3v) is 4.61.